The van der Waals surface area contributed by atoms with Gasteiger partial charge in [0.2, 0.25) is 11.8 Å². The summed E-state index contributed by atoms with van der Waals surface area (Å²) in [5, 5.41) is 3.11. The highest BCUT2D eigenvalue weighted by molar-refractivity contribution is 6.02. The first-order chi connectivity index (χ1) is 10.00. The highest BCUT2D eigenvalue weighted by Gasteiger charge is 2.55. The van der Waals surface area contributed by atoms with Crippen molar-refractivity contribution in [2.45, 2.75) is 89.6 Å². The molecule has 2 amide bonds. The molecule has 1 N–H and O–H groups in total. The first-order valence-electron chi connectivity index (χ1n) is 8.65. The van der Waals surface area contributed by atoms with Gasteiger partial charge < -0.3 is 10.2 Å². The molecule has 1 aliphatic heterocycles. The molecule has 2 aliphatic rings. The summed E-state index contributed by atoms with van der Waals surface area (Å²) >= 11 is 0. The molecule has 4 heteroatoms. The van der Waals surface area contributed by atoms with Crippen LogP contribution in [0.3, 0.4) is 0 Å². The normalized spacial score (nSPS) is 28.8. The molecule has 1 saturated carbocycles. The Morgan fingerprint density at radius 1 is 1.10 bits per heavy atom. The van der Waals surface area contributed by atoms with Crippen LogP contribution in [0.15, 0.2) is 0 Å². The Hall–Kier alpha value is -1.06. The third-order valence-corrected chi connectivity index (χ3v) is 5.47. The highest BCUT2D eigenvalue weighted by atomic mass is 16.2. The number of amides is 2. The molecule has 1 saturated heterocycles. The topological polar surface area (TPSA) is 49.4 Å². The number of rotatable bonds is 5. The van der Waals surface area contributed by atoms with Gasteiger partial charge in [-0.15, -0.1) is 0 Å². The molecule has 0 aromatic carbocycles. The molecule has 0 aromatic rings. The van der Waals surface area contributed by atoms with Crippen molar-refractivity contribution in [3.8, 4) is 0 Å². The second-order valence-electron chi connectivity index (χ2n) is 6.89. The molecular formula is C17H30N2O2. The van der Waals surface area contributed by atoms with Crippen LogP contribution in [-0.4, -0.2) is 34.3 Å². The van der Waals surface area contributed by atoms with Gasteiger partial charge in [0.25, 0.3) is 0 Å². The van der Waals surface area contributed by atoms with E-state index < -0.39 is 11.1 Å². The molecule has 0 radical (unpaired) electrons. The summed E-state index contributed by atoms with van der Waals surface area (Å²) in [6.45, 7) is 6.79. The molecule has 120 valence electrons. The minimum atomic E-state index is -0.673. The highest BCUT2D eigenvalue weighted by Crippen LogP contribution is 2.37. The lowest BCUT2D eigenvalue weighted by Crippen LogP contribution is -2.75. The zero-order valence-corrected chi connectivity index (χ0v) is 13.8. The van der Waals surface area contributed by atoms with E-state index in [1.807, 2.05) is 18.7 Å². The minimum Gasteiger partial charge on any atom is -0.340 e. The first-order valence-corrected chi connectivity index (χ1v) is 8.65. The van der Waals surface area contributed by atoms with Gasteiger partial charge in [0, 0.05) is 6.54 Å². The van der Waals surface area contributed by atoms with Crippen LogP contribution in [0, 0.1) is 0 Å². The largest absolute Gasteiger partial charge is 0.340 e. The number of carbonyl (C=O) groups excluding carboxylic acids is 2. The van der Waals surface area contributed by atoms with E-state index in [2.05, 4.69) is 12.2 Å². The second-order valence-corrected chi connectivity index (χ2v) is 6.89. The van der Waals surface area contributed by atoms with Gasteiger partial charge in [-0.1, -0.05) is 46.0 Å². The molecule has 21 heavy (non-hydrogen) atoms. The predicted molar refractivity (Wildman–Crippen MR) is 83.9 cm³/mol. The standard InChI is InChI=1S/C17H30N2O2/c1-4-6-10-13-19-15(21)17(11-8-7-9-12-17)18-14(20)16(19,3)5-2/h4-13H2,1-3H3,(H,18,20). The third-order valence-electron chi connectivity index (χ3n) is 5.47. The Labute approximate surface area is 128 Å². The number of unbranched alkanes of at least 4 members (excludes halogenated alkanes) is 2. The molecule has 1 unspecified atom stereocenters. The number of hydrogen-bond acceptors (Lipinski definition) is 2. The minimum absolute atomic E-state index is 0.0444. The average molecular weight is 294 g/mol. The zero-order valence-electron chi connectivity index (χ0n) is 13.8. The van der Waals surface area contributed by atoms with Crippen molar-refractivity contribution in [1.82, 2.24) is 10.2 Å². The fraction of sp³-hybridized carbons (Fsp3) is 0.882. The SMILES string of the molecule is CCCCCN1C(=O)C2(CCCCC2)NC(=O)C1(C)CC. The molecule has 2 fully saturated rings. The molecule has 1 atom stereocenters. The summed E-state index contributed by atoms with van der Waals surface area (Å²) < 4.78 is 0. The monoisotopic (exact) mass is 294 g/mol. The van der Waals surface area contributed by atoms with Gasteiger partial charge in [-0.2, -0.15) is 0 Å². The second kappa shape index (κ2) is 6.37. The lowest BCUT2D eigenvalue weighted by molar-refractivity contribution is -0.164. The number of hydrogen-bond donors (Lipinski definition) is 1. The number of piperazine rings is 1. The Bertz CT molecular complexity index is 402. The Kier molecular flexibility index (Phi) is 4.95. The summed E-state index contributed by atoms with van der Waals surface area (Å²) in [6.07, 6.45) is 8.76. The maximum Gasteiger partial charge on any atom is 0.249 e. The van der Waals surface area contributed by atoms with Gasteiger partial charge in [0.1, 0.15) is 11.1 Å². The van der Waals surface area contributed by atoms with Crippen molar-refractivity contribution in [2.75, 3.05) is 6.54 Å². The van der Waals surface area contributed by atoms with E-state index in [9.17, 15) is 9.59 Å². The third kappa shape index (κ3) is 2.82. The van der Waals surface area contributed by atoms with Crippen molar-refractivity contribution in [1.29, 1.82) is 0 Å². The lowest BCUT2D eigenvalue weighted by Gasteiger charge is -2.52. The van der Waals surface area contributed by atoms with Crippen LogP contribution in [0.4, 0.5) is 0 Å². The maximum absolute atomic E-state index is 13.1. The summed E-state index contributed by atoms with van der Waals surface area (Å²) in [7, 11) is 0. The van der Waals surface area contributed by atoms with E-state index in [4.69, 9.17) is 0 Å². The average Bonchev–Trinajstić information content (AvgIpc) is 2.50. The van der Waals surface area contributed by atoms with Crippen LogP contribution in [0.2, 0.25) is 0 Å². The lowest BCUT2D eigenvalue weighted by atomic mass is 9.75. The van der Waals surface area contributed by atoms with E-state index in [1.54, 1.807) is 0 Å². The number of carbonyl (C=O) groups is 2. The van der Waals surface area contributed by atoms with Crippen LogP contribution >= 0.6 is 0 Å². The molecule has 2 rings (SSSR count). The number of nitrogens with zero attached hydrogens (tertiary/aromatic N) is 1. The van der Waals surface area contributed by atoms with Gasteiger partial charge in [-0.05, 0) is 32.6 Å². The van der Waals surface area contributed by atoms with Crippen molar-refractivity contribution < 1.29 is 9.59 Å². The Morgan fingerprint density at radius 3 is 2.33 bits per heavy atom. The molecular weight excluding hydrogens is 264 g/mol. The Balaban J connectivity index is 2.25. The quantitative estimate of drug-likeness (QED) is 0.792. The number of nitrogens with one attached hydrogen (secondary N) is 1. The fourth-order valence-corrected chi connectivity index (χ4v) is 3.72. The van der Waals surface area contributed by atoms with Crippen LogP contribution < -0.4 is 5.32 Å². The zero-order chi connectivity index (χ0) is 15.5. The van der Waals surface area contributed by atoms with E-state index >= 15 is 0 Å². The first kappa shape index (κ1) is 16.3. The van der Waals surface area contributed by atoms with E-state index in [-0.39, 0.29) is 11.8 Å². The van der Waals surface area contributed by atoms with Gasteiger partial charge in [-0.3, -0.25) is 9.59 Å². The predicted octanol–water partition coefficient (Wildman–Crippen LogP) is 3.01. The molecule has 1 aliphatic carbocycles. The van der Waals surface area contributed by atoms with Crippen molar-refractivity contribution in [3.63, 3.8) is 0 Å². The van der Waals surface area contributed by atoms with Crippen LogP contribution in [0.25, 0.3) is 0 Å². The summed E-state index contributed by atoms with van der Waals surface area (Å²) in [6, 6.07) is 0. The van der Waals surface area contributed by atoms with Crippen molar-refractivity contribution in [2.24, 2.45) is 0 Å². The maximum atomic E-state index is 13.1. The van der Waals surface area contributed by atoms with E-state index in [0.29, 0.717) is 13.0 Å². The molecule has 0 bridgehead atoms. The molecule has 1 spiro atoms. The van der Waals surface area contributed by atoms with Crippen molar-refractivity contribution in [3.05, 3.63) is 0 Å². The van der Waals surface area contributed by atoms with Gasteiger partial charge >= 0.3 is 0 Å². The van der Waals surface area contributed by atoms with Crippen LogP contribution in [0.5, 0.6) is 0 Å². The Morgan fingerprint density at radius 2 is 1.76 bits per heavy atom. The van der Waals surface area contributed by atoms with Crippen molar-refractivity contribution >= 4 is 11.8 Å². The van der Waals surface area contributed by atoms with Crippen LogP contribution in [0.1, 0.15) is 78.6 Å². The summed E-state index contributed by atoms with van der Waals surface area (Å²) in [5.41, 5.74) is -1.27. The molecule has 4 nitrogen and oxygen atoms in total. The fourth-order valence-electron chi connectivity index (χ4n) is 3.72. The summed E-state index contributed by atoms with van der Waals surface area (Å²) in [5.74, 6) is 0.213. The van der Waals surface area contributed by atoms with Gasteiger partial charge in [0.05, 0.1) is 0 Å². The molecule has 0 aromatic heterocycles. The van der Waals surface area contributed by atoms with E-state index in [1.165, 1.54) is 6.42 Å². The van der Waals surface area contributed by atoms with Crippen LogP contribution in [-0.2, 0) is 9.59 Å². The van der Waals surface area contributed by atoms with E-state index in [0.717, 1.165) is 44.9 Å². The van der Waals surface area contributed by atoms with Gasteiger partial charge in [-0.25, -0.2) is 0 Å². The van der Waals surface area contributed by atoms with Gasteiger partial charge in [0.15, 0.2) is 0 Å². The molecule has 1 heterocycles. The summed E-state index contributed by atoms with van der Waals surface area (Å²) in [4.78, 5) is 27.7. The smallest absolute Gasteiger partial charge is 0.249 e.